The number of rotatable bonds is 15. The molecule has 0 saturated carbocycles. The van der Waals surface area contributed by atoms with Gasteiger partial charge in [0.15, 0.2) is 5.82 Å². The first-order valence-electron chi connectivity index (χ1n) is 21.7. The molecule has 1 unspecified atom stereocenters. The number of anilines is 6. The number of methoxy groups -OCH3 is 2. The van der Waals surface area contributed by atoms with Gasteiger partial charge >= 0.3 is 0 Å². The van der Waals surface area contributed by atoms with E-state index in [1.807, 2.05) is 12.1 Å². The fraction of sp³-hybridized carbons (Fsp3) is 0.444. The van der Waals surface area contributed by atoms with E-state index in [9.17, 15) is 22.8 Å². The summed E-state index contributed by atoms with van der Waals surface area (Å²) in [5, 5.41) is 9.04. The highest BCUT2D eigenvalue weighted by Gasteiger charge is 2.39. The molecule has 340 valence electrons. The lowest BCUT2D eigenvalue weighted by atomic mass is 9.99. The standard InChI is InChI=1S/C45H55ClN10O7S/c1-5-29-24-35(49-45-47-26-33(46)42(51-45)48-34-7-6-8-38(62-2)41(34)52-64(4,60)61)39(63-3)25-37(29)55-17-14-31(15-18-55)54-21-19-53(20-22-54)16-13-28-9-10-30-27-56(44(59)32(30)23-28)36-11-12-40(57)50-43(36)58/h6-10,23-26,31,36,52H,5,11-22,27H2,1-4H3,(H,50,57,58)(H2,47,48,49,51). The summed E-state index contributed by atoms with van der Waals surface area (Å²) in [4.78, 5) is 55.7. The molecular weight excluding hydrogens is 860 g/mol. The number of amides is 3. The van der Waals surface area contributed by atoms with E-state index < -0.39 is 16.1 Å². The Hall–Kier alpha value is -5.69. The Bertz CT molecular complexity index is 2530. The van der Waals surface area contributed by atoms with E-state index in [0.29, 0.717) is 47.4 Å². The minimum absolute atomic E-state index is 0.131. The molecule has 3 saturated heterocycles. The molecule has 8 rings (SSSR count). The third-order valence-corrected chi connectivity index (χ3v) is 13.4. The van der Waals surface area contributed by atoms with Crippen molar-refractivity contribution in [2.24, 2.45) is 0 Å². The summed E-state index contributed by atoms with van der Waals surface area (Å²) >= 11 is 6.52. The number of fused-ring (bicyclic) bond motifs is 1. The Morgan fingerprint density at radius 3 is 2.38 bits per heavy atom. The number of benzene rings is 3. The van der Waals surface area contributed by atoms with Crippen molar-refractivity contribution in [3.05, 3.63) is 82.0 Å². The zero-order valence-corrected chi connectivity index (χ0v) is 38.2. The Labute approximate surface area is 378 Å². The van der Waals surface area contributed by atoms with Crippen molar-refractivity contribution in [2.45, 2.75) is 64.1 Å². The minimum atomic E-state index is -3.63. The molecule has 4 aliphatic rings. The molecule has 0 aliphatic carbocycles. The van der Waals surface area contributed by atoms with Crippen LogP contribution >= 0.6 is 11.6 Å². The van der Waals surface area contributed by atoms with Gasteiger partial charge in [0, 0.05) is 82.1 Å². The van der Waals surface area contributed by atoms with Gasteiger partial charge in [-0.2, -0.15) is 4.98 Å². The molecule has 64 heavy (non-hydrogen) atoms. The fourth-order valence-electron chi connectivity index (χ4n) is 9.19. The third kappa shape index (κ3) is 9.99. The summed E-state index contributed by atoms with van der Waals surface area (Å²) in [7, 11) is -0.529. The topological polar surface area (TPSA) is 191 Å². The molecule has 0 spiro atoms. The van der Waals surface area contributed by atoms with E-state index in [1.165, 1.54) is 13.3 Å². The number of hydrogen-bond donors (Lipinski definition) is 4. The molecule has 3 aromatic carbocycles. The molecule has 4 aliphatic heterocycles. The van der Waals surface area contributed by atoms with E-state index in [-0.39, 0.29) is 46.6 Å². The van der Waals surface area contributed by atoms with Crippen LogP contribution in [0, 0.1) is 0 Å². The maximum atomic E-state index is 13.3. The van der Waals surface area contributed by atoms with Crippen molar-refractivity contribution in [1.82, 2.24) is 30.0 Å². The van der Waals surface area contributed by atoms with Crippen LogP contribution in [0.2, 0.25) is 5.02 Å². The van der Waals surface area contributed by atoms with Crippen LogP contribution in [-0.4, -0.2) is 129 Å². The fourth-order valence-corrected chi connectivity index (χ4v) is 9.91. The van der Waals surface area contributed by atoms with Gasteiger partial charge in [0.25, 0.3) is 5.91 Å². The van der Waals surface area contributed by atoms with Gasteiger partial charge in [-0.1, -0.05) is 36.7 Å². The summed E-state index contributed by atoms with van der Waals surface area (Å²) in [6.45, 7) is 9.35. The van der Waals surface area contributed by atoms with Crippen LogP contribution in [0.25, 0.3) is 0 Å². The van der Waals surface area contributed by atoms with Crippen LogP contribution in [0.4, 0.5) is 34.5 Å². The molecule has 1 aromatic heterocycles. The van der Waals surface area contributed by atoms with Crippen molar-refractivity contribution in [3.8, 4) is 11.5 Å². The lowest BCUT2D eigenvalue weighted by Crippen LogP contribution is -2.53. The highest BCUT2D eigenvalue weighted by atomic mass is 35.5. The Balaban J connectivity index is 0.844. The Morgan fingerprint density at radius 2 is 1.67 bits per heavy atom. The zero-order chi connectivity index (χ0) is 45.1. The number of ether oxygens (including phenoxy) is 2. The van der Waals surface area contributed by atoms with Crippen molar-refractivity contribution < 1.29 is 32.3 Å². The molecule has 4 aromatic rings. The first kappa shape index (κ1) is 44.9. The van der Waals surface area contributed by atoms with E-state index in [1.54, 1.807) is 30.2 Å². The second-order valence-corrected chi connectivity index (χ2v) is 18.8. The SMILES string of the molecule is CCc1cc(Nc2ncc(Cl)c(Nc3cccc(OC)c3NS(C)(=O)=O)n2)c(OC)cc1N1CCC(N2CCN(CCc3ccc4c(c3)C(=O)N(C3CCC(=O)NC3=O)C4)CC2)CC1. The summed E-state index contributed by atoms with van der Waals surface area (Å²) < 4.78 is 38.1. The van der Waals surface area contributed by atoms with Crippen molar-refractivity contribution in [2.75, 3.05) is 86.5 Å². The molecule has 1 atom stereocenters. The highest BCUT2D eigenvalue weighted by Crippen LogP contribution is 2.39. The van der Waals surface area contributed by atoms with Crippen LogP contribution in [0.1, 0.15) is 59.7 Å². The number of sulfonamides is 1. The minimum Gasteiger partial charge on any atom is -0.494 e. The number of carbonyl (C=O) groups is 3. The van der Waals surface area contributed by atoms with Crippen LogP contribution < -0.4 is 35.0 Å². The van der Waals surface area contributed by atoms with Crippen LogP contribution in [-0.2, 0) is 39.0 Å². The molecule has 5 heterocycles. The smallest absolute Gasteiger partial charge is 0.255 e. The van der Waals surface area contributed by atoms with Gasteiger partial charge in [-0.25, -0.2) is 13.4 Å². The van der Waals surface area contributed by atoms with Crippen molar-refractivity contribution in [1.29, 1.82) is 0 Å². The molecule has 17 nitrogen and oxygen atoms in total. The molecular formula is C45H55ClN10O7S. The normalized spacial score (nSPS) is 18.8. The van der Waals surface area contributed by atoms with Crippen molar-refractivity contribution in [3.63, 3.8) is 0 Å². The lowest BCUT2D eigenvalue weighted by molar-refractivity contribution is -0.136. The van der Waals surface area contributed by atoms with Crippen LogP contribution in [0.3, 0.4) is 0 Å². The molecule has 0 bridgehead atoms. The van der Waals surface area contributed by atoms with E-state index in [4.69, 9.17) is 21.1 Å². The quantitative estimate of drug-likeness (QED) is 0.115. The summed E-state index contributed by atoms with van der Waals surface area (Å²) in [6.07, 6.45) is 6.92. The zero-order valence-electron chi connectivity index (χ0n) is 36.6. The Morgan fingerprint density at radius 1 is 0.906 bits per heavy atom. The van der Waals surface area contributed by atoms with Gasteiger partial charge in [-0.15, -0.1) is 0 Å². The predicted octanol–water partition coefficient (Wildman–Crippen LogP) is 5.16. The third-order valence-electron chi connectivity index (χ3n) is 12.6. The largest absolute Gasteiger partial charge is 0.494 e. The maximum Gasteiger partial charge on any atom is 0.255 e. The van der Waals surface area contributed by atoms with Crippen LogP contribution in [0.5, 0.6) is 11.5 Å². The molecule has 3 amide bonds. The molecule has 0 radical (unpaired) electrons. The second-order valence-electron chi connectivity index (χ2n) is 16.7. The summed E-state index contributed by atoms with van der Waals surface area (Å²) in [6, 6.07) is 15.2. The highest BCUT2D eigenvalue weighted by molar-refractivity contribution is 7.92. The van der Waals surface area contributed by atoms with Gasteiger partial charge in [-0.05, 0) is 73.1 Å². The number of para-hydroxylation sites is 1. The summed E-state index contributed by atoms with van der Waals surface area (Å²) in [5.41, 5.74) is 6.34. The van der Waals surface area contributed by atoms with Gasteiger partial charge < -0.3 is 34.8 Å². The number of nitrogens with one attached hydrogen (secondary N) is 4. The monoisotopic (exact) mass is 914 g/mol. The molecule has 4 N–H and O–H groups in total. The number of nitrogens with zero attached hydrogens (tertiary/aromatic N) is 6. The number of piperazine rings is 1. The maximum absolute atomic E-state index is 13.3. The van der Waals surface area contributed by atoms with Gasteiger partial charge in [0.05, 0.1) is 38.0 Å². The van der Waals surface area contributed by atoms with Gasteiger partial charge in [-0.3, -0.25) is 29.3 Å². The first-order chi connectivity index (χ1) is 30.8. The number of hydrogen-bond acceptors (Lipinski definition) is 14. The number of imide groups is 1. The molecule has 19 heteroatoms. The van der Waals surface area contributed by atoms with E-state index >= 15 is 0 Å². The Kier molecular flexibility index (Phi) is 13.5. The average molecular weight is 916 g/mol. The number of halogens is 1. The number of piperidine rings is 2. The lowest BCUT2D eigenvalue weighted by Gasteiger charge is -2.43. The van der Waals surface area contributed by atoms with Crippen molar-refractivity contribution >= 4 is 73.9 Å². The number of aryl methyl sites for hydroxylation is 1. The van der Waals surface area contributed by atoms with Gasteiger partial charge in [0.1, 0.15) is 28.3 Å². The molecule has 3 fully saturated rings. The average Bonchev–Trinajstić information content (AvgIpc) is 3.61. The van der Waals surface area contributed by atoms with E-state index in [0.717, 1.165) is 100 Å². The van der Waals surface area contributed by atoms with Gasteiger partial charge in [0.2, 0.25) is 27.8 Å². The predicted molar refractivity (Wildman–Crippen MR) is 247 cm³/mol. The number of carbonyl (C=O) groups excluding carboxylic acids is 3. The first-order valence-corrected chi connectivity index (χ1v) is 24.0. The second kappa shape index (κ2) is 19.2. The van der Waals surface area contributed by atoms with Crippen LogP contribution in [0.15, 0.2) is 54.7 Å². The summed E-state index contributed by atoms with van der Waals surface area (Å²) in [5.74, 6) is 0.692. The number of aromatic nitrogens is 2. The van der Waals surface area contributed by atoms with E-state index in [2.05, 4.69) is 70.5 Å².